The average molecular weight is 302 g/mol. The number of carbonyl (C=O) groups is 1. The van der Waals surface area contributed by atoms with Crippen LogP contribution in [0.25, 0.3) is 10.2 Å². The highest BCUT2D eigenvalue weighted by Crippen LogP contribution is 2.33. The number of nitrogen functional groups attached to an aromatic ring is 1. The lowest BCUT2D eigenvalue weighted by Gasteiger charge is -2.44. The molecule has 3 aliphatic rings. The van der Waals surface area contributed by atoms with Crippen LogP contribution in [0, 0.1) is 5.92 Å². The van der Waals surface area contributed by atoms with Crippen molar-refractivity contribution in [2.24, 2.45) is 5.92 Å². The Labute approximate surface area is 127 Å². The first-order valence-corrected chi connectivity index (χ1v) is 8.20. The molecule has 3 aliphatic heterocycles. The van der Waals surface area contributed by atoms with Crippen molar-refractivity contribution in [3.05, 3.63) is 23.2 Å². The highest BCUT2D eigenvalue weighted by molar-refractivity contribution is 7.21. The van der Waals surface area contributed by atoms with Crippen LogP contribution in [0.2, 0.25) is 0 Å². The number of fused-ring (bicyclic) bond motifs is 4. The van der Waals surface area contributed by atoms with E-state index in [1.165, 1.54) is 37.3 Å². The third kappa shape index (κ3) is 2.18. The Morgan fingerprint density at radius 2 is 2.24 bits per heavy atom. The van der Waals surface area contributed by atoms with E-state index in [1.54, 1.807) is 6.20 Å². The number of piperidine rings is 3. The molecule has 21 heavy (non-hydrogen) atoms. The van der Waals surface area contributed by atoms with Crippen molar-refractivity contribution < 1.29 is 4.79 Å². The van der Waals surface area contributed by atoms with Crippen molar-refractivity contribution >= 4 is 33.1 Å². The first-order valence-electron chi connectivity index (χ1n) is 7.38. The topological polar surface area (TPSA) is 71.2 Å². The van der Waals surface area contributed by atoms with E-state index >= 15 is 0 Å². The van der Waals surface area contributed by atoms with Crippen molar-refractivity contribution in [2.75, 3.05) is 25.4 Å². The Kier molecular flexibility index (Phi) is 3.08. The first-order chi connectivity index (χ1) is 10.2. The van der Waals surface area contributed by atoms with E-state index in [2.05, 4.69) is 15.2 Å². The molecule has 3 saturated heterocycles. The number of carbonyl (C=O) groups excluding carboxylic acids is 1. The molecule has 3 N–H and O–H groups in total. The zero-order valence-corrected chi connectivity index (χ0v) is 12.5. The van der Waals surface area contributed by atoms with Gasteiger partial charge < -0.3 is 16.0 Å². The maximum absolute atomic E-state index is 12.6. The standard InChI is InChI=1S/C15H18N4OS/c16-12-10-2-1-5-17-15(10)21-13(12)14(20)18-11-8-19-6-3-9(11)4-7-19/h1-2,5,9,11H,3-4,6-8,16H2,(H,18,20). The number of pyridine rings is 1. The molecule has 0 spiro atoms. The lowest BCUT2D eigenvalue weighted by Crippen LogP contribution is -2.57. The fourth-order valence-electron chi connectivity index (χ4n) is 3.48. The summed E-state index contributed by atoms with van der Waals surface area (Å²) < 4.78 is 0. The molecule has 0 radical (unpaired) electrons. The van der Waals surface area contributed by atoms with Gasteiger partial charge in [-0.3, -0.25) is 4.79 Å². The molecular formula is C15H18N4OS. The summed E-state index contributed by atoms with van der Waals surface area (Å²) in [5, 5.41) is 4.07. The quantitative estimate of drug-likeness (QED) is 0.886. The van der Waals surface area contributed by atoms with E-state index in [4.69, 9.17) is 5.73 Å². The zero-order chi connectivity index (χ0) is 14.4. The van der Waals surface area contributed by atoms with Crippen LogP contribution in [0.1, 0.15) is 22.5 Å². The highest BCUT2D eigenvalue weighted by atomic mass is 32.1. The summed E-state index contributed by atoms with van der Waals surface area (Å²) in [4.78, 5) is 20.7. The summed E-state index contributed by atoms with van der Waals surface area (Å²) in [6.07, 6.45) is 4.11. The summed E-state index contributed by atoms with van der Waals surface area (Å²) in [6, 6.07) is 4.03. The van der Waals surface area contributed by atoms with E-state index in [1.807, 2.05) is 12.1 Å². The van der Waals surface area contributed by atoms with E-state index < -0.39 is 0 Å². The van der Waals surface area contributed by atoms with E-state index in [0.717, 1.165) is 16.8 Å². The van der Waals surface area contributed by atoms with Crippen molar-refractivity contribution in [1.82, 2.24) is 15.2 Å². The van der Waals surface area contributed by atoms with Crippen molar-refractivity contribution in [1.29, 1.82) is 0 Å². The summed E-state index contributed by atoms with van der Waals surface area (Å²) in [5.74, 6) is 0.571. The number of thiophene rings is 1. The Balaban J connectivity index is 1.58. The summed E-state index contributed by atoms with van der Waals surface area (Å²) in [7, 11) is 0. The summed E-state index contributed by atoms with van der Waals surface area (Å²) >= 11 is 1.38. The van der Waals surface area contributed by atoms with Crippen LogP contribution < -0.4 is 11.1 Å². The maximum atomic E-state index is 12.6. The molecule has 2 bridgehead atoms. The van der Waals surface area contributed by atoms with Gasteiger partial charge in [-0.25, -0.2) is 4.98 Å². The number of anilines is 1. The number of hydrogen-bond donors (Lipinski definition) is 2. The second-order valence-electron chi connectivity index (χ2n) is 5.92. The van der Waals surface area contributed by atoms with Crippen LogP contribution in [0.3, 0.4) is 0 Å². The first kappa shape index (κ1) is 13.0. The fraction of sp³-hybridized carbons (Fsp3) is 0.467. The molecule has 3 fully saturated rings. The summed E-state index contributed by atoms with van der Waals surface area (Å²) in [6.45, 7) is 3.32. The Morgan fingerprint density at radius 1 is 1.43 bits per heavy atom. The Morgan fingerprint density at radius 3 is 2.90 bits per heavy atom. The van der Waals surface area contributed by atoms with Crippen LogP contribution in [0.15, 0.2) is 18.3 Å². The smallest absolute Gasteiger partial charge is 0.263 e. The molecule has 6 heteroatoms. The molecule has 2 aromatic rings. The zero-order valence-electron chi connectivity index (χ0n) is 11.7. The number of amides is 1. The van der Waals surface area contributed by atoms with Crippen LogP contribution >= 0.6 is 11.3 Å². The van der Waals surface area contributed by atoms with E-state index in [9.17, 15) is 4.79 Å². The monoisotopic (exact) mass is 302 g/mol. The van der Waals surface area contributed by atoms with Crippen LogP contribution in [0.4, 0.5) is 5.69 Å². The molecule has 110 valence electrons. The van der Waals surface area contributed by atoms with Crippen molar-refractivity contribution in [3.63, 3.8) is 0 Å². The number of nitrogens with two attached hydrogens (primary N) is 1. The molecule has 5 heterocycles. The largest absolute Gasteiger partial charge is 0.397 e. The molecule has 0 aromatic carbocycles. The molecule has 1 atom stereocenters. The number of nitrogens with one attached hydrogen (secondary N) is 1. The lowest BCUT2D eigenvalue weighted by atomic mass is 9.84. The van der Waals surface area contributed by atoms with Gasteiger partial charge in [0.15, 0.2) is 0 Å². The summed E-state index contributed by atoms with van der Waals surface area (Å²) in [5.41, 5.74) is 6.68. The second-order valence-corrected chi connectivity index (χ2v) is 6.92. The third-order valence-corrected chi connectivity index (χ3v) is 5.81. The molecule has 5 nitrogen and oxygen atoms in total. The lowest BCUT2D eigenvalue weighted by molar-refractivity contribution is 0.0623. The number of nitrogens with zero attached hydrogens (tertiary/aromatic N) is 2. The van der Waals surface area contributed by atoms with Gasteiger partial charge >= 0.3 is 0 Å². The normalized spacial score (nSPS) is 27.9. The minimum Gasteiger partial charge on any atom is -0.397 e. The second kappa shape index (κ2) is 4.96. The van der Waals surface area contributed by atoms with Crippen LogP contribution in [-0.4, -0.2) is 41.5 Å². The predicted octanol–water partition coefficient (Wildman–Crippen LogP) is 1.70. The minimum atomic E-state index is -0.0470. The van der Waals surface area contributed by atoms with Gasteiger partial charge in [0.25, 0.3) is 5.91 Å². The third-order valence-electron chi connectivity index (χ3n) is 4.68. The van der Waals surface area contributed by atoms with Crippen molar-refractivity contribution in [3.8, 4) is 0 Å². The molecule has 1 amide bonds. The average Bonchev–Trinajstić information content (AvgIpc) is 2.86. The number of hydrogen-bond acceptors (Lipinski definition) is 5. The minimum absolute atomic E-state index is 0.0470. The van der Waals surface area contributed by atoms with Crippen molar-refractivity contribution in [2.45, 2.75) is 18.9 Å². The highest BCUT2D eigenvalue weighted by Gasteiger charge is 2.35. The van der Waals surface area contributed by atoms with Gasteiger partial charge in [0.1, 0.15) is 9.71 Å². The molecule has 2 aromatic heterocycles. The maximum Gasteiger partial charge on any atom is 0.263 e. The van der Waals surface area contributed by atoms with Gasteiger partial charge in [-0.2, -0.15) is 0 Å². The van der Waals surface area contributed by atoms with Gasteiger partial charge in [0.2, 0.25) is 0 Å². The Bertz CT molecular complexity index is 690. The van der Waals surface area contributed by atoms with Gasteiger partial charge in [-0.05, 0) is 44.0 Å². The predicted molar refractivity (Wildman–Crippen MR) is 84.5 cm³/mol. The fourth-order valence-corrected chi connectivity index (χ4v) is 4.45. The molecule has 0 saturated carbocycles. The molecule has 5 rings (SSSR count). The van der Waals surface area contributed by atoms with Crippen LogP contribution in [-0.2, 0) is 0 Å². The van der Waals surface area contributed by atoms with Gasteiger partial charge in [-0.1, -0.05) is 0 Å². The number of aromatic nitrogens is 1. The molecule has 1 unspecified atom stereocenters. The Hall–Kier alpha value is -1.66. The van der Waals surface area contributed by atoms with Crippen LogP contribution in [0.5, 0.6) is 0 Å². The van der Waals surface area contributed by atoms with E-state index in [0.29, 0.717) is 16.5 Å². The SMILES string of the molecule is Nc1c(C(=O)NC2CN3CCC2CC3)sc2ncccc12. The van der Waals surface area contributed by atoms with Gasteiger partial charge in [0, 0.05) is 24.2 Å². The van der Waals surface area contributed by atoms with Gasteiger partial charge in [-0.15, -0.1) is 11.3 Å². The number of rotatable bonds is 2. The molecular weight excluding hydrogens is 284 g/mol. The molecule has 0 aliphatic carbocycles. The van der Waals surface area contributed by atoms with Gasteiger partial charge in [0.05, 0.1) is 5.69 Å². The van der Waals surface area contributed by atoms with E-state index in [-0.39, 0.29) is 11.9 Å².